The van der Waals surface area contributed by atoms with Gasteiger partial charge in [0.05, 0.1) is 0 Å². The fourth-order valence-electron chi connectivity index (χ4n) is 2.37. The quantitative estimate of drug-likeness (QED) is 0.723. The molecule has 0 spiro atoms. The Morgan fingerprint density at radius 3 is 2.32 bits per heavy atom. The van der Waals surface area contributed by atoms with Crippen molar-refractivity contribution in [3.63, 3.8) is 0 Å². The SMILES string of the molecule is CC(Nc1ccc2oc(C(C)(C)C)nc2c1)c1nc(C(C)(C)C)no1. The number of oxazole rings is 1. The minimum Gasteiger partial charge on any atom is -0.440 e. The molecule has 6 heteroatoms. The van der Waals surface area contributed by atoms with Gasteiger partial charge in [-0.05, 0) is 25.1 Å². The molecule has 1 atom stereocenters. The first-order chi connectivity index (χ1) is 11.5. The normalized spacial score (nSPS) is 14.0. The molecule has 0 fully saturated rings. The zero-order chi connectivity index (χ0) is 18.4. The van der Waals surface area contributed by atoms with E-state index in [0.717, 1.165) is 22.7 Å². The van der Waals surface area contributed by atoms with Gasteiger partial charge >= 0.3 is 0 Å². The van der Waals surface area contributed by atoms with E-state index in [9.17, 15) is 0 Å². The van der Waals surface area contributed by atoms with Gasteiger partial charge in [-0.25, -0.2) is 4.98 Å². The average Bonchev–Trinajstić information content (AvgIpc) is 3.12. The number of nitrogens with one attached hydrogen (secondary N) is 1. The second-order valence-electron chi connectivity index (χ2n) is 8.52. The van der Waals surface area contributed by atoms with Gasteiger partial charge in [-0.3, -0.25) is 0 Å². The molecule has 1 unspecified atom stereocenters. The van der Waals surface area contributed by atoms with Crippen LogP contribution in [0.5, 0.6) is 0 Å². The molecule has 0 bridgehead atoms. The number of benzene rings is 1. The third kappa shape index (κ3) is 3.67. The summed E-state index contributed by atoms with van der Waals surface area (Å²) in [6, 6.07) is 5.78. The third-order valence-electron chi connectivity index (χ3n) is 3.90. The minimum atomic E-state index is -0.134. The van der Waals surface area contributed by atoms with Gasteiger partial charge < -0.3 is 14.3 Å². The van der Waals surface area contributed by atoms with Crippen molar-refractivity contribution in [3.8, 4) is 0 Å². The van der Waals surface area contributed by atoms with Gasteiger partial charge in [0.25, 0.3) is 0 Å². The minimum absolute atomic E-state index is 0.102. The molecule has 6 nitrogen and oxygen atoms in total. The van der Waals surface area contributed by atoms with E-state index in [2.05, 4.69) is 62.0 Å². The average molecular weight is 342 g/mol. The van der Waals surface area contributed by atoms with Gasteiger partial charge in [-0.2, -0.15) is 4.98 Å². The Kier molecular flexibility index (Phi) is 4.09. The maximum Gasteiger partial charge on any atom is 0.248 e. The highest BCUT2D eigenvalue weighted by Crippen LogP contribution is 2.29. The van der Waals surface area contributed by atoms with E-state index in [1.54, 1.807) is 0 Å². The van der Waals surface area contributed by atoms with Crippen LogP contribution in [-0.2, 0) is 10.8 Å². The number of aromatic nitrogens is 3. The van der Waals surface area contributed by atoms with Crippen LogP contribution in [0.3, 0.4) is 0 Å². The Morgan fingerprint density at radius 1 is 1.00 bits per heavy atom. The summed E-state index contributed by atoms with van der Waals surface area (Å²) in [5.74, 6) is 2.01. The van der Waals surface area contributed by atoms with Crippen LogP contribution in [0.2, 0.25) is 0 Å². The van der Waals surface area contributed by atoms with Gasteiger partial charge in [0.2, 0.25) is 11.8 Å². The van der Waals surface area contributed by atoms with Crippen molar-refractivity contribution in [1.29, 1.82) is 0 Å². The molecule has 0 aliphatic heterocycles. The Hall–Kier alpha value is -2.37. The molecular weight excluding hydrogens is 316 g/mol. The van der Waals surface area contributed by atoms with Gasteiger partial charge in [-0.15, -0.1) is 0 Å². The largest absolute Gasteiger partial charge is 0.440 e. The van der Waals surface area contributed by atoms with Crippen molar-refractivity contribution < 1.29 is 8.94 Å². The molecule has 0 radical (unpaired) electrons. The summed E-state index contributed by atoms with van der Waals surface area (Å²) in [6.07, 6.45) is 0. The van der Waals surface area contributed by atoms with Gasteiger partial charge in [0, 0.05) is 16.5 Å². The van der Waals surface area contributed by atoms with Crippen LogP contribution in [0.4, 0.5) is 5.69 Å². The van der Waals surface area contributed by atoms with E-state index in [4.69, 9.17) is 8.94 Å². The first kappa shape index (κ1) is 17.5. The van der Waals surface area contributed by atoms with Crippen molar-refractivity contribution >= 4 is 16.8 Å². The molecule has 1 aromatic carbocycles. The molecule has 0 amide bonds. The highest BCUT2D eigenvalue weighted by atomic mass is 16.5. The summed E-state index contributed by atoms with van der Waals surface area (Å²) < 4.78 is 11.2. The molecule has 0 saturated heterocycles. The lowest BCUT2D eigenvalue weighted by atomic mass is 9.96. The van der Waals surface area contributed by atoms with Gasteiger partial charge in [0.15, 0.2) is 11.4 Å². The fraction of sp³-hybridized carbons (Fsp3) is 0.526. The molecule has 3 rings (SSSR count). The zero-order valence-corrected chi connectivity index (χ0v) is 16.0. The summed E-state index contributed by atoms with van der Waals surface area (Å²) in [6.45, 7) is 14.4. The van der Waals surface area contributed by atoms with Crippen molar-refractivity contribution in [2.75, 3.05) is 5.32 Å². The molecule has 1 N–H and O–H groups in total. The van der Waals surface area contributed by atoms with E-state index in [0.29, 0.717) is 11.7 Å². The van der Waals surface area contributed by atoms with Crippen LogP contribution in [0.15, 0.2) is 27.1 Å². The predicted molar refractivity (Wildman–Crippen MR) is 97.7 cm³/mol. The van der Waals surface area contributed by atoms with E-state index < -0.39 is 0 Å². The fourth-order valence-corrected chi connectivity index (χ4v) is 2.37. The molecule has 2 aromatic heterocycles. The highest BCUT2D eigenvalue weighted by molar-refractivity contribution is 5.77. The van der Waals surface area contributed by atoms with Crippen LogP contribution >= 0.6 is 0 Å². The van der Waals surface area contributed by atoms with Crippen molar-refractivity contribution in [3.05, 3.63) is 35.8 Å². The number of fused-ring (bicyclic) bond motifs is 1. The molecule has 0 saturated carbocycles. The first-order valence-electron chi connectivity index (χ1n) is 8.56. The second kappa shape index (κ2) is 5.86. The maximum absolute atomic E-state index is 5.84. The number of hydrogen-bond acceptors (Lipinski definition) is 6. The number of rotatable bonds is 3. The lowest BCUT2D eigenvalue weighted by Crippen LogP contribution is -2.14. The van der Waals surface area contributed by atoms with Gasteiger partial charge in [0.1, 0.15) is 11.6 Å². The van der Waals surface area contributed by atoms with Crippen LogP contribution < -0.4 is 5.32 Å². The summed E-state index contributed by atoms with van der Waals surface area (Å²) in [5, 5.41) is 7.46. The Balaban J connectivity index is 1.81. The maximum atomic E-state index is 5.84. The summed E-state index contributed by atoms with van der Waals surface area (Å²) in [5.41, 5.74) is 2.31. The lowest BCUT2D eigenvalue weighted by molar-refractivity contribution is 0.354. The summed E-state index contributed by atoms with van der Waals surface area (Å²) >= 11 is 0. The summed E-state index contributed by atoms with van der Waals surface area (Å²) in [4.78, 5) is 9.10. The van der Waals surface area contributed by atoms with E-state index >= 15 is 0 Å². The topological polar surface area (TPSA) is 77.0 Å². The zero-order valence-electron chi connectivity index (χ0n) is 16.0. The number of nitrogens with zero attached hydrogens (tertiary/aromatic N) is 3. The van der Waals surface area contributed by atoms with Crippen LogP contribution in [0, 0.1) is 0 Å². The number of hydrogen-bond donors (Lipinski definition) is 1. The van der Waals surface area contributed by atoms with Crippen molar-refractivity contribution in [2.24, 2.45) is 0 Å². The molecule has 2 heterocycles. The standard InChI is InChI=1S/C19H26N4O2/c1-11(15-22-16(23-25-15)18(2,3)4)20-12-8-9-14-13(10-12)21-17(24-14)19(5,6)7/h8-11,20H,1-7H3. The third-order valence-corrected chi connectivity index (χ3v) is 3.90. The van der Waals surface area contributed by atoms with E-state index in [-0.39, 0.29) is 16.9 Å². The molecule has 0 aliphatic carbocycles. The smallest absolute Gasteiger partial charge is 0.248 e. The van der Waals surface area contributed by atoms with Crippen molar-refractivity contribution in [2.45, 2.75) is 65.3 Å². The Bertz CT molecular complexity index is 881. The Morgan fingerprint density at radius 2 is 1.72 bits per heavy atom. The highest BCUT2D eigenvalue weighted by Gasteiger charge is 2.24. The van der Waals surface area contributed by atoms with E-state index in [1.165, 1.54) is 0 Å². The van der Waals surface area contributed by atoms with Crippen LogP contribution in [-0.4, -0.2) is 15.1 Å². The molecule has 3 aromatic rings. The van der Waals surface area contributed by atoms with Crippen LogP contribution in [0.1, 0.15) is 72.1 Å². The van der Waals surface area contributed by atoms with Crippen molar-refractivity contribution in [1.82, 2.24) is 15.1 Å². The Labute approximate surface area is 148 Å². The molecule has 0 aliphatic rings. The predicted octanol–water partition coefficient (Wildman–Crippen LogP) is 4.98. The van der Waals surface area contributed by atoms with Crippen LogP contribution in [0.25, 0.3) is 11.1 Å². The number of anilines is 1. The second-order valence-corrected chi connectivity index (χ2v) is 8.52. The lowest BCUT2D eigenvalue weighted by Gasteiger charge is -2.12. The summed E-state index contributed by atoms with van der Waals surface area (Å²) in [7, 11) is 0. The monoisotopic (exact) mass is 342 g/mol. The van der Waals surface area contributed by atoms with Gasteiger partial charge in [-0.1, -0.05) is 46.7 Å². The molecular formula is C19H26N4O2. The van der Waals surface area contributed by atoms with E-state index in [1.807, 2.05) is 25.1 Å². The first-order valence-corrected chi connectivity index (χ1v) is 8.56. The molecule has 25 heavy (non-hydrogen) atoms. The molecule has 134 valence electrons.